The van der Waals surface area contributed by atoms with Gasteiger partial charge in [0.2, 0.25) is 0 Å². The molecule has 0 aliphatic heterocycles. The molecule has 2 aromatic carbocycles. The summed E-state index contributed by atoms with van der Waals surface area (Å²) in [4.78, 5) is 0.335. The van der Waals surface area contributed by atoms with Gasteiger partial charge in [0.15, 0.2) is 9.84 Å². The van der Waals surface area contributed by atoms with Crippen LogP contribution in [0.1, 0.15) is 31.2 Å². The third kappa shape index (κ3) is 4.28. The number of aliphatic hydroxyl groups is 1. The Kier molecular flexibility index (Phi) is 5.25. The van der Waals surface area contributed by atoms with Gasteiger partial charge in [0.1, 0.15) is 5.82 Å². The Morgan fingerprint density at radius 2 is 1.68 bits per heavy atom. The van der Waals surface area contributed by atoms with E-state index in [-0.39, 0.29) is 23.6 Å². The topological polar surface area (TPSA) is 54.4 Å². The van der Waals surface area contributed by atoms with Crippen LogP contribution in [-0.4, -0.2) is 25.4 Å². The van der Waals surface area contributed by atoms with Crippen molar-refractivity contribution in [1.29, 1.82) is 0 Å². The van der Waals surface area contributed by atoms with Crippen LogP contribution in [0.3, 0.4) is 0 Å². The molecule has 0 atom stereocenters. The number of benzene rings is 2. The lowest BCUT2D eigenvalue weighted by atomic mass is 9.89. The molecule has 0 unspecified atom stereocenters. The van der Waals surface area contributed by atoms with Crippen molar-refractivity contribution < 1.29 is 17.9 Å². The fraction of sp³-hybridized carbons (Fsp3) is 0.400. The molecule has 0 heterocycles. The van der Waals surface area contributed by atoms with Gasteiger partial charge >= 0.3 is 0 Å². The highest BCUT2D eigenvalue weighted by Gasteiger charge is 2.26. The van der Waals surface area contributed by atoms with E-state index in [4.69, 9.17) is 0 Å². The minimum atomic E-state index is -3.35. The van der Waals surface area contributed by atoms with Crippen LogP contribution in [-0.2, 0) is 9.84 Å². The van der Waals surface area contributed by atoms with Gasteiger partial charge in [-0.15, -0.1) is 0 Å². The second kappa shape index (κ2) is 7.26. The van der Waals surface area contributed by atoms with Gasteiger partial charge in [-0.25, -0.2) is 12.8 Å². The molecule has 134 valence electrons. The summed E-state index contributed by atoms with van der Waals surface area (Å²) in [7, 11) is -3.35. The molecule has 0 aromatic heterocycles. The van der Waals surface area contributed by atoms with E-state index >= 15 is 0 Å². The number of halogens is 1. The molecule has 1 aliphatic rings. The third-order valence-corrected chi connectivity index (χ3v) is 6.87. The van der Waals surface area contributed by atoms with Crippen molar-refractivity contribution in [2.75, 3.05) is 5.75 Å². The fourth-order valence-corrected chi connectivity index (χ4v) is 5.28. The second-order valence-corrected chi connectivity index (χ2v) is 8.97. The summed E-state index contributed by atoms with van der Waals surface area (Å²) >= 11 is 0. The van der Waals surface area contributed by atoms with Gasteiger partial charge in [0.05, 0.1) is 16.8 Å². The van der Waals surface area contributed by atoms with Crippen LogP contribution in [0.25, 0.3) is 11.1 Å². The van der Waals surface area contributed by atoms with E-state index in [0.717, 1.165) is 29.5 Å². The first-order chi connectivity index (χ1) is 11.8. The van der Waals surface area contributed by atoms with Crippen molar-refractivity contribution in [3.63, 3.8) is 0 Å². The molecular formula is C20H23FO3S. The van der Waals surface area contributed by atoms with Crippen LogP contribution in [0.15, 0.2) is 47.4 Å². The molecule has 0 radical (unpaired) electrons. The van der Waals surface area contributed by atoms with Gasteiger partial charge in [-0.1, -0.05) is 18.2 Å². The van der Waals surface area contributed by atoms with Gasteiger partial charge in [0, 0.05) is 0 Å². The molecule has 5 heteroatoms. The maximum absolute atomic E-state index is 13.1. The SMILES string of the molecule is Cc1cc(S(=O)(=O)CC2CCC(O)CC2)ccc1-c1ccc(F)cc1. The summed E-state index contributed by atoms with van der Waals surface area (Å²) in [6.07, 6.45) is 2.60. The molecule has 0 amide bonds. The summed E-state index contributed by atoms with van der Waals surface area (Å²) in [5.41, 5.74) is 2.62. The van der Waals surface area contributed by atoms with Gasteiger partial charge in [0.25, 0.3) is 0 Å². The number of rotatable bonds is 4. The first kappa shape index (κ1) is 18.1. The van der Waals surface area contributed by atoms with E-state index in [2.05, 4.69) is 0 Å². The Labute approximate surface area is 148 Å². The Bertz CT molecular complexity index is 836. The molecule has 1 aliphatic carbocycles. The zero-order valence-corrected chi connectivity index (χ0v) is 15.1. The van der Waals surface area contributed by atoms with Crippen LogP contribution < -0.4 is 0 Å². The van der Waals surface area contributed by atoms with Crippen LogP contribution in [0.4, 0.5) is 4.39 Å². The second-order valence-electron chi connectivity index (χ2n) is 6.94. The Hall–Kier alpha value is -1.72. The molecular weight excluding hydrogens is 339 g/mol. The van der Waals surface area contributed by atoms with E-state index in [1.165, 1.54) is 12.1 Å². The lowest BCUT2D eigenvalue weighted by Gasteiger charge is -2.25. The maximum atomic E-state index is 13.1. The molecule has 0 spiro atoms. The standard InChI is InChI=1S/C20H23FO3S/c1-14-12-19(10-11-20(14)16-4-6-17(21)7-5-16)25(23,24)13-15-2-8-18(22)9-3-15/h4-7,10-12,15,18,22H,2-3,8-9,13H2,1H3. The van der Waals surface area contributed by atoms with Crippen LogP contribution >= 0.6 is 0 Å². The summed E-state index contributed by atoms with van der Waals surface area (Å²) in [5.74, 6) is -0.0432. The Balaban J connectivity index is 1.80. The van der Waals surface area contributed by atoms with E-state index in [9.17, 15) is 17.9 Å². The highest BCUT2D eigenvalue weighted by Crippen LogP contribution is 2.30. The average molecular weight is 362 g/mol. The van der Waals surface area contributed by atoms with Crippen molar-refractivity contribution in [2.45, 2.75) is 43.6 Å². The predicted molar refractivity (Wildman–Crippen MR) is 96.6 cm³/mol. The zero-order chi connectivity index (χ0) is 18.0. The average Bonchev–Trinajstić information content (AvgIpc) is 2.58. The first-order valence-electron chi connectivity index (χ1n) is 8.62. The van der Waals surface area contributed by atoms with E-state index < -0.39 is 9.84 Å². The smallest absolute Gasteiger partial charge is 0.178 e. The minimum Gasteiger partial charge on any atom is -0.393 e. The summed E-state index contributed by atoms with van der Waals surface area (Å²) < 4.78 is 38.5. The lowest BCUT2D eigenvalue weighted by molar-refractivity contribution is 0.113. The van der Waals surface area contributed by atoms with Crippen molar-refractivity contribution in [2.24, 2.45) is 5.92 Å². The zero-order valence-electron chi connectivity index (χ0n) is 14.3. The van der Waals surface area contributed by atoms with Crippen LogP contribution in [0.5, 0.6) is 0 Å². The Morgan fingerprint density at radius 3 is 2.28 bits per heavy atom. The number of hydrogen-bond donors (Lipinski definition) is 1. The molecule has 1 fully saturated rings. The summed E-state index contributed by atoms with van der Waals surface area (Å²) in [6, 6.07) is 11.3. The van der Waals surface area contributed by atoms with Crippen molar-refractivity contribution in [3.05, 3.63) is 53.8 Å². The minimum absolute atomic E-state index is 0.116. The number of hydrogen-bond acceptors (Lipinski definition) is 3. The number of sulfone groups is 1. The fourth-order valence-electron chi connectivity index (χ4n) is 3.50. The third-order valence-electron chi connectivity index (χ3n) is 4.98. The van der Waals surface area contributed by atoms with Gasteiger partial charge < -0.3 is 5.11 Å². The van der Waals surface area contributed by atoms with Crippen molar-refractivity contribution >= 4 is 9.84 Å². The maximum Gasteiger partial charge on any atom is 0.178 e. The summed E-state index contributed by atoms with van der Waals surface area (Å²) in [6.45, 7) is 1.87. The first-order valence-corrected chi connectivity index (χ1v) is 10.3. The molecule has 0 bridgehead atoms. The molecule has 3 rings (SSSR count). The summed E-state index contributed by atoms with van der Waals surface area (Å²) in [5, 5.41) is 9.56. The van der Waals surface area contributed by atoms with Gasteiger partial charge in [-0.2, -0.15) is 0 Å². The van der Waals surface area contributed by atoms with Crippen molar-refractivity contribution in [1.82, 2.24) is 0 Å². The Morgan fingerprint density at radius 1 is 1.04 bits per heavy atom. The molecule has 0 saturated heterocycles. The monoisotopic (exact) mass is 362 g/mol. The van der Waals surface area contributed by atoms with Crippen LogP contribution in [0.2, 0.25) is 0 Å². The molecule has 1 N–H and O–H groups in total. The predicted octanol–water partition coefficient (Wildman–Crippen LogP) is 4.13. The van der Waals surface area contributed by atoms with E-state index in [0.29, 0.717) is 17.7 Å². The largest absolute Gasteiger partial charge is 0.393 e. The highest BCUT2D eigenvalue weighted by molar-refractivity contribution is 7.91. The highest BCUT2D eigenvalue weighted by atomic mass is 32.2. The van der Waals surface area contributed by atoms with E-state index in [1.807, 2.05) is 6.92 Å². The number of aliphatic hydroxyl groups excluding tert-OH is 1. The molecule has 1 saturated carbocycles. The molecule has 3 nitrogen and oxygen atoms in total. The van der Waals surface area contributed by atoms with E-state index in [1.54, 1.807) is 30.3 Å². The quantitative estimate of drug-likeness (QED) is 0.890. The van der Waals surface area contributed by atoms with Crippen molar-refractivity contribution in [3.8, 4) is 11.1 Å². The number of aryl methyl sites for hydroxylation is 1. The van der Waals surface area contributed by atoms with Crippen LogP contribution in [0, 0.1) is 18.7 Å². The van der Waals surface area contributed by atoms with Gasteiger partial charge in [-0.3, -0.25) is 0 Å². The normalized spacial score (nSPS) is 21.2. The molecule has 25 heavy (non-hydrogen) atoms. The van der Waals surface area contributed by atoms with Gasteiger partial charge in [-0.05, 0) is 79.5 Å². The molecule has 2 aromatic rings. The lowest BCUT2D eigenvalue weighted by Crippen LogP contribution is -2.24.